The molecule has 1 aromatic carbocycles. The maximum Gasteiger partial charge on any atom is 0.205 e. The second kappa shape index (κ2) is 8.14. The third-order valence-electron chi connectivity index (χ3n) is 5.76. The van der Waals surface area contributed by atoms with Crippen molar-refractivity contribution in [2.45, 2.75) is 33.2 Å². The van der Waals surface area contributed by atoms with E-state index in [1.165, 1.54) is 6.07 Å². The van der Waals surface area contributed by atoms with Crippen LogP contribution in [0.3, 0.4) is 0 Å². The van der Waals surface area contributed by atoms with Crippen molar-refractivity contribution in [1.29, 1.82) is 0 Å². The molecule has 0 amide bonds. The van der Waals surface area contributed by atoms with E-state index in [-0.39, 0.29) is 11.2 Å². The monoisotopic (exact) mass is 369 g/mol. The summed E-state index contributed by atoms with van der Waals surface area (Å²) in [7, 11) is 2.07. The molecule has 0 spiro atoms. The number of hydrogen-bond acceptors (Lipinski definition) is 3. The number of likely N-dealkylation sites (N-methyl/N-ethyl adjacent to an activating group) is 1. The van der Waals surface area contributed by atoms with Crippen molar-refractivity contribution in [3.05, 3.63) is 39.9 Å². The lowest BCUT2D eigenvalue weighted by molar-refractivity contribution is 0.312. The van der Waals surface area contributed by atoms with Crippen LogP contribution in [0, 0.1) is 24.1 Å². The van der Waals surface area contributed by atoms with Gasteiger partial charge < -0.3 is 14.4 Å². The summed E-state index contributed by atoms with van der Waals surface area (Å²) >= 11 is 0. The minimum atomic E-state index is -0.354. The van der Waals surface area contributed by atoms with Crippen molar-refractivity contribution in [1.82, 2.24) is 9.47 Å². The van der Waals surface area contributed by atoms with Gasteiger partial charge in [0.15, 0.2) is 0 Å². The number of fused-ring (bicyclic) bond motifs is 1. The van der Waals surface area contributed by atoms with Crippen LogP contribution in [0.5, 0.6) is 0 Å². The highest BCUT2D eigenvalue weighted by Gasteiger charge is 2.20. The van der Waals surface area contributed by atoms with Crippen molar-refractivity contribution in [2.75, 3.05) is 38.1 Å². The summed E-state index contributed by atoms with van der Waals surface area (Å²) in [4.78, 5) is 17.0. The highest BCUT2D eigenvalue weighted by molar-refractivity contribution is 5.84. The van der Waals surface area contributed by atoms with Gasteiger partial charge in [-0.2, -0.15) is 0 Å². The zero-order valence-corrected chi connectivity index (χ0v) is 16.5. The van der Waals surface area contributed by atoms with Gasteiger partial charge in [-0.3, -0.25) is 4.79 Å². The van der Waals surface area contributed by atoms with Crippen molar-refractivity contribution < 1.29 is 4.39 Å². The predicted molar refractivity (Wildman–Crippen MR) is 110 cm³/mol. The molecule has 0 saturated carbocycles. The fraction of sp³-hybridized carbons (Fsp3) is 0.500. The summed E-state index contributed by atoms with van der Waals surface area (Å²) in [5, 5.41) is 0.367. The van der Waals surface area contributed by atoms with Crippen LogP contribution in [-0.2, 0) is 6.54 Å². The molecular formula is C22H28FN3O. The molecule has 144 valence electrons. The number of rotatable bonds is 5. The largest absolute Gasteiger partial charge is 0.367 e. The average Bonchev–Trinajstić information content (AvgIpc) is 2.68. The van der Waals surface area contributed by atoms with E-state index < -0.39 is 0 Å². The van der Waals surface area contributed by atoms with Crippen molar-refractivity contribution >= 4 is 16.6 Å². The molecule has 0 aliphatic carbocycles. The molecule has 0 radical (unpaired) electrons. The molecule has 2 heterocycles. The van der Waals surface area contributed by atoms with Crippen LogP contribution in [0.25, 0.3) is 10.9 Å². The quantitative estimate of drug-likeness (QED) is 0.757. The third kappa shape index (κ3) is 3.86. The molecule has 1 aliphatic rings. The molecule has 0 bridgehead atoms. The van der Waals surface area contributed by atoms with Gasteiger partial charge in [0.25, 0.3) is 0 Å². The minimum absolute atomic E-state index is 0.267. The van der Waals surface area contributed by atoms with Crippen LogP contribution in [0.15, 0.2) is 23.1 Å². The van der Waals surface area contributed by atoms with Gasteiger partial charge in [-0.15, -0.1) is 6.42 Å². The van der Waals surface area contributed by atoms with Crippen molar-refractivity contribution in [2.24, 2.45) is 5.92 Å². The Hall–Kier alpha value is -2.32. The van der Waals surface area contributed by atoms with E-state index in [2.05, 4.69) is 36.6 Å². The number of pyridine rings is 1. The summed E-state index contributed by atoms with van der Waals surface area (Å²) in [5.41, 5.74) is 1.36. The lowest BCUT2D eigenvalue weighted by atomic mass is 10.0. The lowest BCUT2D eigenvalue weighted by Gasteiger charge is -2.34. The Morgan fingerprint density at radius 3 is 2.44 bits per heavy atom. The first-order chi connectivity index (χ1) is 13.0. The maximum absolute atomic E-state index is 14.9. The summed E-state index contributed by atoms with van der Waals surface area (Å²) in [5.74, 6) is 2.60. The molecule has 1 fully saturated rings. The molecule has 27 heavy (non-hydrogen) atoms. The van der Waals surface area contributed by atoms with E-state index in [9.17, 15) is 9.18 Å². The Morgan fingerprint density at radius 1 is 1.19 bits per heavy atom. The molecule has 2 aromatic rings. The Labute approximate surface area is 160 Å². The molecule has 1 aliphatic heterocycles. The summed E-state index contributed by atoms with van der Waals surface area (Å²) in [6, 6.07) is 3.20. The maximum atomic E-state index is 14.9. The Bertz CT molecular complexity index is 916. The van der Waals surface area contributed by atoms with Crippen LogP contribution in [-0.4, -0.2) is 42.7 Å². The number of terminal acetylenes is 1. The van der Waals surface area contributed by atoms with Crippen LogP contribution in [0.1, 0.15) is 32.3 Å². The number of halogens is 1. The molecule has 0 atom stereocenters. The molecule has 0 N–H and O–H groups in total. The fourth-order valence-corrected chi connectivity index (χ4v) is 3.77. The molecule has 1 saturated heterocycles. The second-order valence-electron chi connectivity index (χ2n) is 7.46. The van der Waals surface area contributed by atoms with Gasteiger partial charge in [0, 0.05) is 38.9 Å². The van der Waals surface area contributed by atoms with E-state index >= 15 is 0 Å². The van der Waals surface area contributed by atoms with Gasteiger partial charge in [0.2, 0.25) is 5.43 Å². The molecule has 5 heteroatoms. The zero-order valence-electron chi connectivity index (χ0n) is 16.5. The van der Waals surface area contributed by atoms with Gasteiger partial charge in [-0.05, 0) is 25.1 Å². The summed E-state index contributed by atoms with van der Waals surface area (Å²) in [6.07, 6.45) is 9.38. The number of hydrogen-bond donors (Lipinski definition) is 0. The van der Waals surface area contributed by atoms with Crippen LogP contribution >= 0.6 is 0 Å². The smallest absolute Gasteiger partial charge is 0.205 e. The van der Waals surface area contributed by atoms with Gasteiger partial charge in [0.05, 0.1) is 22.2 Å². The standard InChI is InChI=1S/C22H28FN3O/c1-5-16(6-2)14-26-15-17(7-3)22(27)18-12-19(23)21(13-20(18)26)25-10-8-24(4)9-11-25/h3,12-13,15-16H,5-6,8-11,14H2,1-2,4H3. The Morgan fingerprint density at radius 2 is 1.85 bits per heavy atom. The first kappa shape index (κ1) is 19.4. The van der Waals surface area contributed by atoms with Crippen molar-refractivity contribution in [3.63, 3.8) is 0 Å². The van der Waals surface area contributed by atoms with E-state index in [0.717, 1.165) is 51.1 Å². The van der Waals surface area contributed by atoms with Crippen LogP contribution < -0.4 is 10.3 Å². The van der Waals surface area contributed by atoms with E-state index in [1.54, 1.807) is 6.20 Å². The first-order valence-corrected chi connectivity index (χ1v) is 9.75. The minimum Gasteiger partial charge on any atom is -0.367 e. The molecule has 3 rings (SSSR count). The summed E-state index contributed by atoms with van der Waals surface area (Å²) in [6.45, 7) is 8.44. The SMILES string of the molecule is C#Cc1cn(CC(CC)CC)c2cc(N3CCN(C)CC3)c(F)cc2c1=O. The van der Waals surface area contributed by atoms with Gasteiger partial charge in [-0.25, -0.2) is 4.39 Å². The third-order valence-corrected chi connectivity index (χ3v) is 5.76. The first-order valence-electron chi connectivity index (χ1n) is 9.75. The fourth-order valence-electron chi connectivity index (χ4n) is 3.77. The predicted octanol–water partition coefficient (Wildman–Crippen LogP) is 3.31. The zero-order chi connectivity index (χ0) is 19.6. The topological polar surface area (TPSA) is 28.5 Å². The normalized spacial score (nSPS) is 15.5. The van der Waals surface area contributed by atoms with Gasteiger partial charge in [0.1, 0.15) is 5.82 Å². The van der Waals surface area contributed by atoms with Gasteiger partial charge in [-0.1, -0.05) is 32.6 Å². The van der Waals surface area contributed by atoms with Crippen LogP contribution in [0.4, 0.5) is 10.1 Å². The number of nitrogens with zero attached hydrogens (tertiary/aromatic N) is 3. The second-order valence-corrected chi connectivity index (χ2v) is 7.46. The molecular weight excluding hydrogens is 341 g/mol. The number of aromatic nitrogens is 1. The Kier molecular flexibility index (Phi) is 5.86. The number of benzene rings is 1. The van der Waals surface area contributed by atoms with Gasteiger partial charge >= 0.3 is 0 Å². The van der Waals surface area contributed by atoms with E-state index in [0.29, 0.717) is 22.6 Å². The lowest BCUT2D eigenvalue weighted by Crippen LogP contribution is -2.44. The number of piperazine rings is 1. The summed E-state index contributed by atoms with van der Waals surface area (Å²) < 4.78 is 16.9. The molecule has 1 aromatic heterocycles. The van der Waals surface area contributed by atoms with E-state index in [4.69, 9.17) is 6.42 Å². The molecule has 4 nitrogen and oxygen atoms in total. The average molecular weight is 369 g/mol. The van der Waals surface area contributed by atoms with Crippen LogP contribution in [0.2, 0.25) is 0 Å². The number of anilines is 1. The highest BCUT2D eigenvalue weighted by Crippen LogP contribution is 2.27. The Balaban J connectivity index is 2.15. The van der Waals surface area contributed by atoms with E-state index in [1.807, 2.05) is 10.6 Å². The van der Waals surface area contributed by atoms with Crippen molar-refractivity contribution in [3.8, 4) is 12.3 Å². The molecule has 0 unspecified atom stereocenters. The highest BCUT2D eigenvalue weighted by atomic mass is 19.1.